The smallest absolute Gasteiger partial charge is 0.240 e. The number of thiophene rings is 1. The van der Waals surface area contributed by atoms with Crippen molar-refractivity contribution in [3.8, 4) is 0 Å². The zero-order chi connectivity index (χ0) is 14.9. The number of anilines is 1. The lowest BCUT2D eigenvalue weighted by Gasteiger charge is -2.08. The Labute approximate surface area is 133 Å². The second-order valence-electron chi connectivity index (χ2n) is 4.98. The van der Waals surface area contributed by atoms with Crippen LogP contribution in [0.3, 0.4) is 0 Å². The molecular formula is C14H15ClN2O2S2. The fourth-order valence-corrected chi connectivity index (χ4v) is 4.21. The zero-order valence-corrected chi connectivity index (χ0v) is 13.6. The summed E-state index contributed by atoms with van der Waals surface area (Å²) in [5, 5.41) is 3.24. The molecule has 0 spiro atoms. The van der Waals surface area contributed by atoms with E-state index in [1.165, 1.54) is 11.3 Å². The molecule has 21 heavy (non-hydrogen) atoms. The minimum Gasteiger partial charge on any atom is -0.380 e. The average molecular weight is 343 g/mol. The molecule has 4 nitrogen and oxygen atoms in total. The van der Waals surface area contributed by atoms with Gasteiger partial charge in [0.15, 0.2) is 0 Å². The zero-order valence-electron chi connectivity index (χ0n) is 11.2. The lowest BCUT2D eigenvalue weighted by molar-refractivity contribution is 0.581. The van der Waals surface area contributed by atoms with Crippen LogP contribution in [-0.4, -0.2) is 14.5 Å². The highest BCUT2D eigenvalue weighted by molar-refractivity contribution is 7.89. The van der Waals surface area contributed by atoms with Gasteiger partial charge in [-0.2, -0.15) is 0 Å². The molecule has 1 aromatic carbocycles. The SMILES string of the molecule is O=S(=O)(NC1CC1)c1ccc(NCc2ccc(Cl)s2)cc1. The van der Waals surface area contributed by atoms with Crippen LogP contribution in [0.5, 0.6) is 0 Å². The third kappa shape index (κ3) is 3.97. The summed E-state index contributed by atoms with van der Waals surface area (Å²) >= 11 is 7.40. The summed E-state index contributed by atoms with van der Waals surface area (Å²) in [7, 11) is -3.37. The molecule has 1 aliphatic rings. The Morgan fingerprint density at radius 2 is 1.86 bits per heavy atom. The Morgan fingerprint density at radius 3 is 2.43 bits per heavy atom. The average Bonchev–Trinajstić information content (AvgIpc) is 3.16. The molecular weight excluding hydrogens is 328 g/mol. The van der Waals surface area contributed by atoms with Gasteiger partial charge in [-0.3, -0.25) is 0 Å². The van der Waals surface area contributed by atoms with Gasteiger partial charge >= 0.3 is 0 Å². The van der Waals surface area contributed by atoms with Crippen LogP contribution in [0.15, 0.2) is 41.3 Å². The van der Waals surface area contributed by atoms with Crippen LogP contribution in [0.1, 0.15) is 17.7 Å². The predicted octanol–water partition coefficient (Wildman–Crippen LogP) is 3.45. The monoisotopic (exact) mass is 342 g/mol. The Hall–Kier alpha value is -1.08. The Bertz CT molecular complexity index is 722. The highest BCUT2D eigenvalue weighted by Crippen LogP contribution is 2.24. The summed E-state index contributed by atoms with van der Waals surface area (Å²) in [5.41, 5.74) is 0.880. The van der Waals surface area contributed by atoms with E-state index in [4.69, 9.17) is 11.6 Å². The molecule has 2 aromatic rings. The van der Waals surface area contributed by atoms with Gasteiger partial charge in [-0.05, 0) is 49.2 Å². The van der Waals surface area contributed by atoms with E-state index in [0.29, 0.717) is 11.4 Å². The lowest BCUT2D eigenvalue weighted by Crippen LogP contribution is -2.25. The van der Waals surface area contributed by atoms with Crippen LogP contribution in [-0.2, 0) is 16.6 Å². The number of nitrogens with one attached hydrogen (secondary N) is 2. The summed E-state index contributed by atoms with van der Waals surface area (Å²) in [6.07, 6.45) is 1.87. The van der Waals surface area contributed by atoms with Crippen molar-refractivity contribution < 1.29 is 8.42 Å². The van der Waals surface area contributed by atoms with Crippen molar-refractivity contribution in [2.24, 2.45) is 0 Å². The second-order valence-corrected chi connectivity index (χ2v) is 8.49. The van der Waals surface area contributed by atoms with Crippen molar-refractivity contribution in [1.29, 1.82) is 0 Å². The van der Waals surface area contributed by atoms with Gasteiger partial charge in [-0.15, -0.1) is 11.3 Å². The number of rotatable bonds is 6. The second kappa shape index (κ2) is 5.96. The van der Waals surface area contributed by atoms with Crippen molar-refractivity contribution in [3.63, 3.8) is 0 Å². The first-order valence-corrected chi connectivity index (χ1v) is 9.31. The van der Waals surface area contributed by atoms with E-state index in [1.807, 2.05) is 12.1 Å². The van der Waals surface area contributed by atoms with Gasteiger partial charge in [-0.25, -0.2) is 13.1 Å². The Balaban J connectivity index is 1.63. The van der Waals surface area contributed by atoms with Crippen molar-refractivity contribution in [2.45, 2.75) is 30.3 Å². The van der Waals surface area contributed by atoms with Crippen LogP contribution in [0, 0.1) is 0 Å². The largest absolute Gasteiger partial charge is 0.380 e. The first-order chi connectivity index (χ1) is 10.0. The molecule has 112 valence electrons. The normalized spacial score (nSPS) is 15.1. The molecule has 0 bridgehead atoms. The van der Waals surface area contributed by atoms with Gasteiger partial charge in [0.2, 0.25) is 10.0 Å². The molecule has 0 atom stereocenters. The van der Waals surface area contributed by atoms with Crippen molar-refractivity contribution >= 4 is 38.6 Å². The number of hydrogen-bond donors (Lipinski definition) is 2. The van der Waals surface area contributed by atoms with Crippen LogP contribution in [0.4, 0.5) is 5.69 Å². The fraction of sp³-hybridized carbons (Fsp3) is 0.286. The summed E-state index contributed by atoms with van der Waals surface area (Å²) in [6, 6.07) is 10.7. The molecule has 1 saturated carbocycles. The van der Waals surface area contributed by atoms with Crippen LogP contribution in [0.25, 0.3) is 0 Å². The molecule has 0 unspecified atom stereocenters. The lowest BCUT2D eigenvalue weighted by atomic mass is 10.3. The maximum Gasteiger partial charge on any atom is 0.240 e. The third-order valence-corrected chi connectivity index (χ3v) is 5.93. The van der Waals surface area contributed by atoms with E-state index in [1.54, 1.807) is 24.3 Å². The van der Waals surface area contributed by atoms with Crippen molar-refractivity contribution in [2.75, 3.05) is 5.32 Å². The summed E-state index contributed by atoms with van der Waals surface area (Å²) in [4.78, 5) is 1.44. The van der Waals surface area contributed by atoms with Gasteiger partial charge in [0, 0.05) is 23.2 Å². The summed E-state index contributed by atoms with van der Waals surface area (Å²) < 4.78 is 27.5. The summed E-state index contributed by atoms with van der Waals surface area (Å²) in [5.74, 6) is 0. The molecule has 1 aromatic heterocycles. The van der Waals surface area contributed by atoms with E-state index in [2.05, 4.69) is 10.0 Å². The van der Waals surface area contributed by atoms with Gasteiger partial charge in [0.25, 0.3) is 0 Å². The Kier molecular flexibility index (Phi) is 4.21. The van der Waals surface area contributed by atoms with Crippen LogP contribution >= 0.6 is 22.9 Å². The van der Waals surface area contributed by atoms with Crippen LogP contribution in [0.2, 0.25) is 4.34 Å². The number of hydrogen-bond acceptors (Lipinski definition) is 4. The maximum absolute atomic E-state index is 12.0. The topological polar surface area (TPSA) is 58.2 Å². The number of benzene rings is 1. The molecule has 2 N–H and O–H groups in total. The van der Waals surface area contributed by atoms with E-state index < -0.39 is 10.0 Å². The van der Waals surface area contributed by atoms with Gasteiger partial charge in [0.1, 0.15) is 0 Å². The molecule has 1 fully saturated rings. The predicted molar refractivity (Wildman–Crippen MR) is 86.4 cm³/mol. The highest BCUT2D eigenvalue weighted by atomic mass is 35.5. The highest BCUT2D eigenvalue weighted by Gasteiger charge is 2.27. The van der Waals surface area contributed by atoms with Crippen molar-refractivity contribution in [1.82, 2.24) is 4.72 Å². The first-order valence-electron chi connectivity index (χ1n) is 6.63. The van der Waals surface area contributed by atoms with E-state index in [9.17, 15) is 8.42 Å². The van der Waals surface area contributed by atoms with Gasteiger partial charge in [-0.1, -0.05) is 11.6 Å². The minimum absolute atomic E-state index is 0.122. The van der Waals surface area contributed by atoms with Crippen LogP contribution < -0.4 is 10.0 Å². The maximum atomic E-state index is 12.0. The molecule has 0 saturated heterocycles. The quantitative estimate of drug-likeness (QED) is 0.845. The molecule has 7 heteroatoms. The standard InChI is InChI=1S/C14H15ClN2O2S2/c15-14-8-5-12(20-14)9-16-10-3-6-13(7-4-10)21(18,19)17-11-1-2-11/h3-8,11,16-17H,1-2,9H2. The van der Waals surface area contributed by atoms with E-state index in [0.717, 1.165) is 27.7 Å². The number of sulfonamides is 1. The number of halogens is 1. The molecule has 1 heterocycles. The van der Waals surface area contributed by atoms with Gasteiger partial charge in [0.05, 0.1) is 9.23 Å². The molecule has 1 aliphatic carbocycles. The summed E-state index contributed by atoms with van der Waals surface area (Å²) in [6.45, 7) is 0.670. The molecule has 3 rings (SSSR count). The fourth-order valence-electron chi connectivity index (χ4n) is 1.88. The third-order valence-electron chi connectivity index (χ3n) is 3.16. The van der Waals surface area contributed by atoms with E-state index >= 15 is 0 Å². The molecule has 0 amide bonds. The van der Waals surface area contributed by atoms with Crippen molar-refractivity contribution in [3.05, 3.63) is 45.6 Å². The first kappa shape index (κ1) is 14.8. The van der Waals surface area contributed by atoms with E-state index in [-0.39, 0.29) is 6.04 Å². The Morgan fingerprint density at radius 1 is 1.14 bits per heavy atom. The van der Waals surface area contributed by atoms with Gasteiger partial charge < -0.3 is 5.32 Å². The minimum atomic E-state index is -3.37. The molecule has 0 aliphatic heterocycles. The molecule has 0 radical (unpaired) electrons.